The molecular weight excluding hydrogens is 287 g/mol. The van der Waals surface area contributed by atoms with Crippen molar-refractivity contribution in [1.82, 2.24) is 0 Å². The molecule has 0 aliphatic rings. The Morgan fingerprint density at radius 3 is 2.67 bits per heavy atom. The zero-order valence-electron chi connectivity index (χ0n) is 7.70. The average molecular weight is 297 g/mol. The zero-order chi connectivity index (χ0) is 11.5. The Kier molecular flexibility index (Phi) is 4.06. The van der Waals surface area contributed by atoms with Gasteiger partial charge in [0, 0.05) is 11.0 Å². The lowest BCUT2D eigenvalue weighted by atomic mass is 10.3. The molecule has 0 unspecified atom stereocenters. The second kappa shape index (κ2) is 4.91. The summed E-state index contributed by atoms with van der Waals surface area (Å²) in [5.74, 6) is -0.611. The van der Waals surface area contributed by atoms with E-state index in [9.17, 15) is 12.8 Å². The number of rotatable bonds is 4. The SMILES string of the molecule is NCCS(=O)(=O)Nc1ccc(F)cc1Br. The van der Waals surface area contributed by atoms with Crippen LogP contribution in [0, 0.1) is 5.82 Å². The van der Waals surface area contributed by atoms with Gasteiger partial charge in [-0.25, -0.2) is 12.8 Å². The molecule has 0 aliphatic heterocycles. The van der Waals surface area contributed by atoms with Gasteiger partial charge in [-0.2, -0.15) is 0 Å². The van der Waals surface area contributed by atoms with Crippen LogP contribution in [0.1, 0.15) is 0 Å². The fraction of sp³-hybridized carbons (Fsp3) is 0.250. The van der Waals surface area contributed by atoms with E-state index < -0.39 is 15.8 Å². The van der Waals surface area contributed by atoms with Gasteiger partial charge in [-0.05, 0) is 34.1 Å². The Morgan fingerprint density at radius 2 is 2.13 bits per heavy atom. The van der Waals surface area contributed by atoms with Crippen molar-refractivity contribution in [1.29, 1.82) is 0 Å². The van der Waals surface area contributed by atoms with Gasteiger partial charge in [-0.1, -0.05) is 0 Å². The predicted molar refractivity (Wildman–Crippen MR) is 60.6 cm³/mol. The number of sulfonamides is 1. The van der Waals surface area contributed by atoms with Crippen molar-refractivity contribution < 1.29 is 12.8 Å². The van der Waals surface area contributed by atoms with Crippen molar-refractivity contribution in [3.63, 3.8) is 0 Å². The fourth-order valence-electron chi connectivity index (χ4n) is 0.946. The number of hydrogen-bond donors (Lipinski definition) is 2. The largest absolute Gasteiger partial charge is 0.329 e. The van der Waals surface area contributed by atoms with Gasteiger partial charge in [0.15, 0.2) is 0 Å². The number of hydrogen-bond acceptors (Lipinski definition) is 3. The summed E-state index contributed by atoms with van der Waals surface area (Å²) in [6.07, 6.45) is 0. The summed E-state index contributed by atoms with van der Waals surface area (Å²) in [4.78, 5) is 0. The maximum absolute atomic E-state index is 12.7. The van der Waals surface area contributed by atoms with Gasteiger partial charge in [0.25, 0.3) is 0 Å². The Bertz CT molecular complexity index is 450. The quantitative estimate of drug-likeness (QED) is 0.879. The van der Waals surface area contributed by atoms with Crippen LogP contribution in [0.2, 0.25) is 0 Å². The Labute approximate surface area is 95.8 Å². The van der Waals surface area contributed by atoms with Crippen LogP contribution in [-0.4, -0.2) is 20.7 Å². The van der Waals surface area contributed by atoms with Crippen LogP contribution in [-0.2, 0) is 10.0 Å². The molecule has 1 rings (SSSR count). The first-order chi connectivity index (χ1) is 6.94. The lowest BCUT2D eigenvalue weighted by Crippen LogP contribution is -2.22. The van der Waals surface area contributed by atoms with Gasteiger partial charge in [0.2, 0.25) is 10.0 Å². The summed E-state index contributed by atoms with van der Waals surface area (Å²) in [6, 6.07) is 3.69. The van der Waals surface area contributed by atoms with E-state index in [-0.39, 0.29) is 12.3 Å². The number of anilines is 1. The molecule has 15 heavy (non-hydrogen) atoms. The van der Waals surface area contributed by atoms with Crippen LogP contribution < -0.4 is 10.5 Å². The molecule has 4 nitrogen and oxygen atoms in total. The molecular formula is C8H10BrFN2O2S. The predicted octanol–water partition coefficient (Wildman–Crippen LogP) is 1.29. The summed E-state index contributed by atoms with van der Waals surface area (Å²) in [5.41, 5.74) is 5.44. The molecule has 1 aromatic rings. The second-order valence-electron chi connectivity index (χ2n) is 2.83. The van der Waals surface area contributed by atoms with E-state index in [2.05, 4.69) is 20.7 Å². The molecule has 0 saturated heterocycles. The summed E-state index contributed by atoms with van der Waals surface area (Å²) in [6.45, 7) is 0.0359. The van der Waals surface area contributed by atoms with E-state index in [0.29, 0.717) is 10.2 Å². The third-order valence-corrected chi connectivity index (χ3v) is 3.54. The maximum Gasteiger partial charge on any atom is 0.234 e. The molecule has 0 aliphatic carbocycles. The Balaban J connectivity index is 2.90. The molecule has 0 atom stereocenters. The van der Waals surface area contributed by atoms with E-state index in [1.54, 1.807) is 0 Å². The van der Waals surface area contributed by atoms with Gasteiger partial charge < -0.3 is 5.73 Å². The number of nitrogens with two attached hydrogens (primary N) is 1. The van der Waals surface area contributed by atoms with Gasteiger partial charge in [0.05, 0.1) is 11.4 Å². The third-order valence-electron chi connectivity index (χ3n) is 1.58. The van der Waals surface area contributed by atoms with Crippen molar-refractivity contribution in [2.24, 2.45) is 5.73 Å². The molecule has 1 aromatic carbocycles. The summed E-state index contributed by atoms with van der Waals surface area (Å²) >= 11 is 3.05. The molecule has 84 valence electrons. The molecule has 0 aromatic heterocycles. The standard InChI is InChI=1S/C8H10BrFN2O2S/c9-7-5-6(10)1-2-8(7)12-15(13,14)4-3-11/h1-2,5,12H,3-4,11H2. The normalized spacial score (nSPS) is 11.4. The van der Waals surface area contributed by atoms with Crippen LogP contribution in [0.4, 0.5) is 10.1 Å². The zero-order valence-corrected chi connectivity index (χ0v) is 10.1. The molecule has 0 radical (unpaired) electrons. The lowest BCUT2D eigenvalue weighted by Gasteiger charge is -2.08. The van der Waals surface area contributed by atoms with Gasteiger partial charge >= 0.3 is 0 Å². The molecule has 0 heterocycles. The Morgan fingerprint density at radius 1 is 1.47 bits per heavy atom. The van der Waals surface area contributed by atoms with E-state index in [4.69, 9.17) is 5.73 Å². The molecule has 0 saturated carbocycles. The van der Waals surface area contributed by atoms with E-state index in [1.807, 2.05) is 0 Å². The minimum Gasteiger partial charge on any atom is -0.329 e. The van der Waals surface area contributed by atoms with Crippen LogP contribution in [0.25, 0.3) is 0 Å². The van der Waals surface area contributed by atoms with Crippen molar-refractivity contribution in [3.05, 3.63) is 28.5 Å². The first-order valence-corrected chi connectivity index (χ1v) is 6.55. The molecule has 0 bridgehead atoms. The maximum atomic E-state index is 12.7. The van der Waals surface area contributed by atoms with Crippen LogP contribution >= 0.6 is 15.9 Å². The number of benzene rings is 1. The minimum absolute atomic E-state index is 0.0359. The summed E-state index contributed by atoms with van der Waals surface area (Å²) in [7, 11) is -3.45. The van der Waals surface area contributed by atoms with Gasteiger partial charge in [-0.3, -0.25) is 4.72 Å². The summed E-state index contributed by atoms with van der Waals surface area (Å²) < 4.78 is 38.0. The van der Waals surface area contributed by atoms with Gasteiger partial charge in [0.1, 0.15) is 5.82 Å². The highest BCUT2D eigenvalue weighted by Crippen LogP contribution is 2.23. The molecule has 0 amide bonds. The number of nitrogens with one attached hydrogen (secondary N) is 1. The lowest BCUT2D eigenvalue weighted by molar-refractivity contribution is 0.600. The van der Waals surface area contributed by atoms with Crippen molar-refractivity contribution in [2.75, 3.05) is 17.0 Å². The van der Waals surface area contributed by atoms with Crippen molar-refractivity contribution in [2.45, 2.75) is 0 Å². The smallest absolute Gasteiger partial charge is 0.234 e. The van der Waals surface area contributed by atoms with Crippen LogP contribution in [0.5, 0.6) is 0 Å². The molecule has 7 heteroatoms. The van der Waals surface area contributed by atoms with Crippen LogP contribution in [0.3, 0.4) is 0 Å². The fourth-order valence-corrected chi connectivity index (χ4v) is 2.45. The highest BCUT2D eigenvalue weighted by Gasteiger charge is 2.11. The van der Waals surface area contributed by atoms with Crippen LogP contribution in [0.15, 0.2) is 22.7 Å². The van der Waals surface area contributed by atoms with Gasteiger partial charge in [-0.15, -0.1) is 0 Å². The van der Waals surface area contributed by atoms with E-state index in [1.165, 1.54) is 18.2 Å². The Hall–Kier alpha value is -0.660. The number of halogens is 2. The first kappa shape index (κ1) is 12.4. The highest BCUT2D eigenvalue weighted by atomic mass is 79.9. The first-order valence-electron chi connectivity index (χ1n) is 4.10. The third kappa shape index (κ3) is 3.77. The van der Waals surface area contributed by atoms with E-state index in [0.717, 1.165) is 0 Å². The minimum atomic E-state index is -3.45. The monoisotopic (exact) mass is 296 g/mol. The molecule has 3 N–H and O–H groups in total. The average Bonchev–Trinajstić information content (AvgIpc) is 2.09. The van der Waals surface area contributed by atoms with Crippen molar-refractivity contribution >= 4 is 31.6 Å². The molecule has 0 fully saturated rings. The van der Waals surface area contributed by atoms with Crippen molar-refractivity contribution in [3.8, 4) is 0 Å². The molecule has 0 spiro atoms. The second-order valence-corrected chi connectivity index (χ2v) is 5.53. The summed E-state index contributed by atoms with van der Waals surface area (Å²) in [5, 5.41) is 0. The van der Waals surface area contributed by atoms with E-state index >= 15 is 0 Å². The highest BCUT2D eigenvalue weighted by molar-refractivity contribution is 9.10. The topological polar surface area (TPSA) is 72.2 Å².